The summed E-state index contributed by atoms with van der Waals surface area (Å²) in [5, 5.41) is 0. The molecule has 16 heavy (non-hydrogen) atoms. The zero-order chi connectivity index (χ0) is 11.4. The average molecular weight is 219 g/mol. The van der Waals surface area contributed by atoms with E-state index in [1.807, 2.05) is 18.2 Å². The molecule has 0 saturated carbocycles. The van der Waals surface area contributed by atoms with E-state index in [4.69, 9.17) is 9.47 Å². The van der Waals surface area contributed by atoms with Crippen LogP contribution in [0.5, 0.6) is 0 Å². The predicted octanol–water partition coefficient (Wildman–Crippen LogP) is 3.50. The summed E-state index contributed by atoms with van der Waals surface area (Å²) in [4.78, 5) is 0. The summed E-state index contributed by atoms with van der Waals surface area (Å²) < 4.78 is 11.8. The second-order valence-electron chi connectivity index (χ2n) is 4.11. The quantitative estimate of drug-likeness (QED) is 0.774. The maximum absolute atomic E-state index is 6.08. The summed E-state index contributed by atoms with van der Waals surface area (Å²) in [5.74, 6) is -0.394. The molecule has 2 heteroatoms. The van der Waals surface area contributed by atoms with Gasteiger partial charge in [0.15, 0.2) is 5.79 Å². The highest BCUT2D eigenvalue weighted by Crippen LogP contribution is 2.36. The first kappa shape index (κ1) is 11.6. The van der Waals surface area contributed by atoms with Gasteiger partial charge in [-0.1, -0.05) is 44.2 Å². The highest BCUT2D eigenvalue weighted by Gasteiger charge is 2.35. The largest absolute Gasteiger partial charge is 0.350 e. The highest BCUT2D eigenvalue weighted by molar-refractivity contribution is 5.20. The summed E-state index contributed by atoms with van der Waals surface area (Å²) in [6.07, 6.45) is 3.93. The van der Waals surface area contributed by atoms with Gasteiger partial charge >= 0.3 is 0 Å². The molecule has 2 nitrogen and oxygen atoms in total. The normalized spacial score (nSPS) is 24.2. The van der Waals surface area contributed by atoms with Gasteiger partial charge in [-0.2, -0.15) is 0 Å². The van der Waals surface area contributed by atoms with E-state index in [1.165, 1.54) is 5.56 Å². The third-order valence-electron chi connectivity index (χ3n) is 3.20. The lowest BCUT2D eigenvalue weighted by Gasteiger charge is -2.40. The van der Waals surface area contributed by atoms with Crippen molar-refractivity contribution in [2.45, 2.75) is 38.6 Å². The van der Waals surface area contributed by atoms with Gasteiger partial charge in [0.2, 0.25) is 0 Å². The average Bonchev–Trinajstić information content (AvgIpc) is 2.40. The molecule has 1 aliphatic rings. The van der Waals surface area contributed by atoms with Crippen molar-refractivity contribution in [3.8, 4) is 0 Å². The number of benzene rings is 1. The van der Waals surface area contributed by atoms with Gasteiger partial charge in [0.1, 0.15) is 0 Å². The van der Waals surface area contributed by atoms with Crippen LogP contribution in [0.25, 0.3) is 0 Å². The van der Waals surface area contributed by atoms with E-state index in [-0.39, 0.29) is 6.10 Å². The lowest BCUT2D eigenvalue weighted by Crippen LogP contribution is -2.41. The molecule has 87 valence electrons. The lowest BCUT2D eigenvalue weighted by molar-refractivity contribution is -0.280. The van der Waals surface area contributed by atoms with Crippen molar-refractivity contribution in [3.63, 3.8) is 0 Å². The molecule has 1 fully saturated rings. The van der Waals surface area contributed by atoms with Gasteiger partial charge < -0.3 is 9.47 Å². The molecule has 1 unspecified atom stereocenters. The molecule has 1 atom stereocenters. The first-order chi connectivity index (χ1) is 7.79. The van der Waals surface area contributed by atoms with Crippen LogP contribution in [0.3, 0.4) is 0 Å². The summed E-state index contributed by atoms with van der Waals surface area (Å²) in [5.41, 5.74) is 1.21. The van der Waals surface area contributed by atoms with Crippen molar-refractivity contribution in [3.05, 3.63) is 42.3 Å². The number of rotatable bonds is 3. The Kier molecular flexibility index (Phi) is 3.62. The van der Waals surface area contributed by atoms with Crippen LogP contribution >= 0.6 is 0 Å². The van der Waals surface area contributed by atoms with Gasteiger partial charge in [0.05, 0.1) is 12.7 Å². The molecule has 1 radical (unpaired) electrons. The van der Waals surface area contributed by atoms with Gasteiger partial charge in [-0.05, 0) is 18.4 Å². The minimum absolute atomic E-state index is 0.0647. The highest BCUT2D eigenvalue weighted by atomic mass is 16.7. The van der Waals surface area contributed by atoms with Gasteiger partial charge in [-0.15, -0.1) is 0 Å². The SMILES string of the molecule is CCC1(CC)OC[CH]C(c2ccccc2)O1. The zero-order valence-corrected chi connectivity index (χ0v) is 9.98. The van der Waals surface area contributed by atoms with Crippen LogP contribution in [0.2, 0.25) is 0 Å². The zero-order valence-electron chi connectivity index (χ0n) is 9.98. The van der Waals surface area contributed by atoms with Crippen molar-refractivity contribution in [1.82, 2.24) is 0 Å². The number of hydrogen-bond acceptors (Lipinski definition) is 2. The Morgan fingerprint density at radius 1 is 1.19 bits per heavy atom. The van der Waals surface area contributed by atoms with Crippen molar-refractivity contribution >= 4 is 0 Å². The smallest absolute Gasteiger partial charge is 0.168 e. The molecule has 0 spiro atoms. The minimum atomic E-state index is -0.394. The Morgan fingerprint density at radius 3 is 2.50 bits per heavy atom. The molecule has 1 heterocycles. The van der Waals surface area contributed by atoms with E-state index in [2.05, 4.69) is 32.4 Å². The molecule has 0 amide bonds. The van der Waals surface area contributed by atoms with Gasteiger partial charge in [0.25, 0.3) is 0 Å². The molecule has 1 aliphatic heterocycles. The second-order valence-corrected chi connectivity index (χ2v) is 4.11. The molecule has 0 aliphatic carbocycles. The van der Waals surface area contributed by atoms with E-state index in [0.717, 1.165) is 12.8 Å². The van der Waals surface area contributed by atoms with Gasteiger partial charge in [0, 0.05) is 6.42 Å². The third-order valence-corrected chi connectivity index (χ3v) is 3.20. The Hall–Kier alpha value is -0.860. The van der Waals surface area contributed by atoms with Crippen molar-refractivity contribution in [2.75, 3.05) is 6.61 Å². The first-order valence-corrected chi connectivity index (χ1v) is 5.99. The topological polar surface area (TPSA) is 18.5 Å². The van der Waals surface area contributed by atoms with Crippen LogP contribution in [0.4, 0.5) is 0 Å². The Bertz CT molecular complexity index is 317. The van der Waals surface area contributed by atoms with E-state index >= 15 is 0 Å². The van der Waals surface area contributed by atoms with Gasteiger partial charge in [-0.3, -0.25) is 0 Å². The maximum atomic E-state index is 6.08. The van der Waals surface area contributed by atoms with Crippen LogP contribution in [0.1, 0.15) is 38.4 Å². The molecule has 0 N–H and O–H groups in total. The molecule has 2 rings (SSSR count). The molecule has 0 aromatic heterocycles. The summed E-state index contributed by atoms with van der Waals surface area (Å²) in [6.45, 7) is 4.88. The maximum Gasteiger partial charge on any atom is 0.168 e. The fraction of sp³-hybridized carbons (Fsp3) is 0.500. The van der Waals surface area contributed by atoms with Gasteiger partial charge in [-0.25, -0.2) is 0 Å². The Labute approximate surface area is 97.6 Å². The fourth-order valence-electron chi connectivity index (χ4n) is 2.07. The lowest BCUT2D eigenvalue weighted by atomic mass is 10.0. The molecular weight excluding hydrogens is 200 g/mol. The standard InChI is InChI=1S/C14H19O2/c1-3-14(4-2)15-11-10-13(16-14)12-8-6-5-7-9-12/h5-10,13H,3-4,11H2,1-2H3. The van der Waals surface area contributed by atoms with Crippen LogP contribution in [0, 0.1) is 6.42 Å². The Balaban J connectivity index is 2.13. The molecule has 1 aromatic rings. The third kappa shape index (κ3) is 2.28. The molecule has 1 saturated heterocycles. The van der Waals surface area contributed by atoms with E-state index in [1.54, 1.807) is 0 Å². The molecular formula is C14H19O2. The second kappa shape index (κ2) is 4.98. The minimum Gasteiger partial charge on any atom is -0.350 e. The van der Waals surface area contributed by atoms with Crippen LogP contribution in [-0.2, 0) is 9.47 Å². The number of ether oxygens (including phenoxy) is 2. The van der Waals surface area contributed by atoms with Crippen molar-refractivity contribution < 1.29 is 9.47 Å². The number of hydrogen-bond donors (Lipinski definition) is 0. The van der Waals surface area contributed by atoms with E-state index in [0.29, 0.717) is 6.61 Å². The van der Waals surface area contributed by atoms with E-state index < -0.39 is 5.79 Å². The first-order valence-electron chi connectivity index (χ1n) is 5.99. The predicted molar refractivity (Wildman–Crippen MR) is 63.8 cm³/mol. The molecule has 0 bridgehead atoms. The van der Waals surface area contributed by atoms with Crippen LogP contribution in [0.15, 0.2) is 30.3 Å². The van der Waals surface area contributed by atoms with Crippen LogP contribution < -0.4 is 0 Å². The summed E-state index contributed by atoms with van der Waals surface area (Å²) >= 11 is 0. The fourth-order valence-corrected chi connectivity index (χ4v) is 2.07. The van der Waals surface area contributed by atoms with Crippen molar-refractivity contribution in [1.29, 1.82) is 0 Å². The summed E-state index contributed by atoms with van der Waals surface area (Å²) in [6, 6.07) is 10.3. The van der Waals surface area contributed by atoms with Crippen molar-refractivity contribution in [2.24, 2.45) is 0 Å². The molecule has 1 aromatic carbocycles. The van der Waals surface area contributed by atoms with E-state index in [9.17, 15) is 0 Å². The summed E-state index contributed by atoms with van der Waals surface area (Å²) in [7, 11) is 0. The van der Waals surface area contributed by atoms with Crippen LogP contribution in [-0.4, -0.2) is 12.4 Å². The monoisotopic (exact) mass is 219 g/mol. The Morgan fingerprint density at radius 2 is 1.88 bits per heavy atom.